The second-order valence-electron chi connectivity index (χ2n) is 4.90. The molecule has 2 nitrogen and oxygen atoms in total. The van der Waals surface area contributed by atoms with E-state index in [9.17, 15) is 4.79 Å². The van der Waals surface area contributed by atoms with Gasteiger partial charge in [-0.05, 0) is 31.2 Å². The van der Waals surface area contributed by atoms with Gasteiger partial charge in [-0.25, -0.2) is 0 Å². The van der Waals surface area contributed by atoms with Gasteiger partial charge in [0.25, 0.3) is 0 Å². The van der Waals surface area contributed by atoms with Crippen molar-refractivity contribution >= 4 is 28.4 Å². The number of ketones is 1. The molecule has 0 spiro atoms. The average Bonchev–Trinajstić information content (AvgIpc) is 2.52. The van der Waals surface area contributed by atoms with E-state index >= 15 is 0 Å². The molecule has 0 aliphatic carbocycles. The largest absolute Gasteiger partial charge is 0.293 e. The lowest BCUT2D eigenvalue weighted by molar-refractivity contribution is 0.102. The van der Waals surface area contributed by atoms with Gasteiger partial charge in [0.2, 0.25) is 0 Å². The highest BCUT2D eigenvalue weighted by atomic mass is 32.2. The van der Waals surface area contributed by atoms with Crippen molar-refractivity contribution in [1.29, 1.82) is 0 Å². The van der Waals surface area contributed by atoms with Crippen molar-refractivity contribution in [3.05, 3.63) is 71.9 Å². The van der Waals surface area contributed by atoms with Crippen molar-refractivity contribution < 1.29 is 4.79 Å². The molecule has 1 aromatic heterocycles. The summed E-state index contributed by atoms with van der Waals surface area (Å²) in [6.45, 7) is 2.06. The van der Waals surface area contributed by atoms with Crippen molar-refractivity contribution in [2.24, 2.45) is 0 Å². The number of fused-ring (bicyclic) bond motifs is 1. The summed E-state index contributed by atoms with van der Waals surface area (Å²) in [7, 11) is 0. The van der Waals surface area contributed by atoms with E-state index < -0.39 is 0 Å². The van der Waals surface area contributed by atoms with E-state index in [-0.39, 0.29) is 5.78 Å². The summed E-state index contributed by atoms with van der Waals surface area (Å²) in [6.07, 6.45) is 1.75. The Labute approximate surface area is 128 Å². The van der Waals surface area contributed by atoms with Crippen molar-refractivity contribution in [1.82, 2.24) is 4.98 Å². The first-order valence-electron chi connectivity index (χ1n) is 6.80. The third kappa shape index (κ3) is 3.14. The third-order valence-electron chi connectivity index (χ3n) is 3.31. The second-order valence-corrected chi connectivity index (χ2v) is 5.95. The Morgan fingerprint density at radius 2 is 1.95 bits per heavy atom. The summed E-state index contributed by atoms with van der Waals surface area (Å²) in [5.41, 5.74) is 2.83. The Hall–Kier alpha value is -2.13. The van der Waals surface area contributed by atoms with Crippen LogP contribution < -0.4 is 0 Å². The predicted octanol–water partition coefficient (Wildman–Crippen LogP) is 4.52. The van der Waals surface area contributed by atoms with Gasteiger partial charge in [0.1, 0.15) is 0 Å². The zero-order valence-electron chi connectivity index (χ0n) is 11.7. The number of carbonyl (C=O) groups excluding carboxylic acids is 1. The number of Topliss-reactive ketones (excluding diaryl/α,β-unsaturated/α-hetero) is 1. The summed E-state index contributed by atoms with van der Waals surface area (Å²) in [5, 5.41) is 0.926. The van der Waals surface area contributed by atoms with Crippen molar-refractivity contribution in [2.45, 2.75) is 11.8 Å². The Bertz CT molecular complexity index is 793. The van der Waals surface area contributed by atoms with Crippen LogP contribution in [0.2, 0.25) is 0 Å². The molecule has 3 rings (SSSR count). The number of pyridine rings is 1. The van der Waals surface area contributed by atoms with Gasteiger partial charge in [0.15, 0.2) is 5.78 Å². The number of rotatable bonds is 4. The number of aryl methyl sites for hydroxylation is 1. The molecule has 0 atom stereocenters. The first-order chi connectivity index (χ1) is 10.2. The van der Waals surface area contributed by atoms with Crippen LogP contribution in [-0.4, -0.2) is 16.5 Å². The Kier molecular flexibility index (Phi) is 4.02. The predicted molar refractivity (Wildman–Crippen MR) is 88.0 cm³/mol. The molecule has 0 aliphatic heterocycles. The van der Waals surface area contributed by atoms with Crippen molar-refractivity contribution in [3.8, 4) is 0 Å². The van der Waals surface area contributed by atoms with Crippen LogP contribution in [0.1, 0.15) is 15.9 Å². The van der Waals surface area contributed by atoms with Gasteiger partial charge in [-0.15, -0.1) is 11.8 Å². The molecule has 0 unspecified atom stereocenters. The van der Waals surface area contributed by atoms with Gasteiger partial charge in [-0.1, -0.05) is 35.9 Å². The first-order valence-corrected chi connectivity index (χ1v) is 7.79. The molecule has 0 radical (unpaired) electrons. The molecule has 3 heteroatoms. The van der Waals surface area contributed by atoms with Crippen LogP contribution in [-0.2, 0) is 0 Å². The lowest BCUT2D eigenvalue weighted by Gasteiger charge is -2.05. The van der Waals surface area contributed by atoms with Crippen LogP contribution in [0.5, 0.6) is 0 Å². The van der Waals surface area contributed by atoms with E-state index in [1.165, 1.54) is 5.56 Å². The first kappa shape index (κ1) is 13.8. The molecule has 0 fully saturated rings. The number of benzene rings is 2. The average molecular weight is 293 g/mol. The van der Waals surface area contributed by atoms with Gasteiger partial charge >= 0.3 is 0 Å². The standard InChI is InChI=1S/C18H15NOS/c1-13-5-2-6-14(11-13)21-12-18(20)16-7-3-9-17-15(16)8-4-10-19-17/h2-11H,12H2,1H3. The van der Waals surface area contributed by atoms with Crippen LogP contribution in [0.15, 0.2) is 65.7 Å². The topological polar surface area (TPSA) is 30.0 Å². The highest BCUT2D eigenvalue weighted by Gasteiger charge is 2.10. The molecule has 104 valence electrons. The normalized spacial score (nSPS) is 10.7. The summed E-state index contributed by atoms with van der Waals surface area (Å²) in [4.78, 5) is 17.9. The zero-order chi connectivity index (χ0) is 14.7. The monoisotopic (exact) mass is 293 g/mol. The maximum absolute atomic E-state index is 12.5. The van der Waals surface area contributed by atoms with Gasteiger partial charge in [0.05, 0.1) is 11.3 Å². The van der Waals surface area contributed by atoms with Crippen LogP contribution >= 0.6 is 11.8 Å². The lowest BCUT2D eigenvalue weighted by Crippen LogP contribution is -2.03. The van der Waals surface area contributed by atoms with E-state index in [0.29, 0.717) is 5.75 Å². The number of hydrogen-bond acceptors (Lipinski definition) is 3. The van der Waals surface area contributed by atoms with Gasteiger partial charge in [-0.3, -0.25) is 9.78 Å². The van der Waals surface area contributed by atoms with Gasteiger partial charge in [-0.2, -0.15) is 0 Å². The lowest BCUT2D eigenvalue weighted by atomic mass is 10.1. The number of aromatic nitrogens is 1. The molecule has 0 saturated heterocycles. The maximum atomic E-state index is 12.5. The highest BCUT2D eigenvalue weighted by Crippen LogP contribution is 2.23. The zero-order valence-corrected chi connectivity index (χ0v) is 12.6. The minimum Gasteiger partial charge on any atom is -0.293 e. The quantitative estimate of drug-likeness (QED) is 0.523. The van der Waals surface area contributed by atoms with Crippen molar-refractivity contribution in [3.63, 3.8) is 0 Å². The molecule has 3 aromatic rings. The van der Waals surface area contributed by atoms with E-state index in [4.69, 9.17) is 0 Å². The molecule has 2 aromatic carbocycles. The Morgan fingerprint density at radius 3 is 2.81 bits per heavy atom. The smallest absolute Gasteiger partial charge is 0.173 e. The molecule has 0 amide bonds. The fraction of sp³-hybridized carbons (Fsp3) is 0.111. The third-order valence-corrected chi connectivity index (χ3v) is 4.30. The summed E-state index contributed by atoms with van der Waals surface area (Å²) in [6, 6.07) is 17.7. The number of thioether (sulfide) groups is 1. The molecular formula is C18H15NOS. The second kappa shape index (κ2) is 6.10. The summed E-state index contributed by atoms with van der Waals surface area (Å²) < 4.78 is 0. The minimum atomic E-state index is 0.139. The van der Waals surface area contributed by atoms with Gasteiger partial charge in [0, 0.05) is 22.0 Å². The molecular weight excluding hydrogens is 278 g/mol. The fourth-order valence-corrected chi connectivity index (χ4v) is 3.18. The number of carbonyl (C=O) groups is 1. The maximum Gasteiger partial charge on any atom is 0.173 e. The Balaban J connectivity index is 1.81. The Morgan fingerprint density at radius 1 is 1.10 bits per heavy atom. The van der Waals surface area contributed by atoms with Crippen molar-refractivity contribution in [2.75, 3.05) is 5.75 Å². The number of hydrogen-bond donors (Lipinski definition) is 0. The fourth-order valence-electron chi connectivity index (χ4n) is 2.28. The molecule has 0 aliphatic rings. The molecule has 1 heterocycles. The van der Waals surface area contributed by atoms with E-state index in [2.05, 4.69) is 24.0 Å². The van der Waals surface area contributed by atoms with Crippen LogP contribution in [0.4, 0.5) is 0 Å². The number of nitrogens with zero attached hydrogens (tertiary/aromatic N) is 1. The van der Waals surface area contributed by atoms with E-state index in [1.54, 1.807) is 18.0 Å². The molecule has 21 heavy (non-hydrogen) atoms. The molecule has 0 saturated carbocycles. The summed E-state index contributed by atoms with van der Waals surface area (Å²) in [5.74, 6) is 0.581. The summed E-state index contributed by atoms with van der Waals surface area (Å²) >= 11 is 1.58. The van der Waals surface area contributed by atoms with Crippen LogP contribution in [0.25, 0.3) is 10.9 Å². The SMILES string of the molecule is Cc1cccc(SCC(=O)c2cccc3ncccc23)c1. The van der Waals surface area contributed by atoms with E-state index in [1.807, 2.05) is 42.5 Å². The highest BCUT2D eigenvalue weighted by molar-refractivity contribution is 8.00. The molecule has 0 bridgehead atoms. The minimum absolute atomic E-state index is 0.139. The molecule has 0 N–H and O–H groups in total. The van der Waals surface area contributed by atoms with E-state index in [0.717, 1.165) is 21.4 Å². The van der Waals surface area contributed by atoms with Crippen LogP contribution in [0, 0.1) is 6.92 Å². The van der Waals surface area contributed by atoms with Crippen LogP contribution in [0.3, 0.4) is 0 Å². The van der Waals surface area contributed by atoms with Gasteiger partial charge < -0.3 is 0 Å².